The number of allylic oxidation sites excluding steroid dienone is 1. The maximum absolute atomic E-state index is 13.9. The molecule has 1 aliphatic heterocycles. The van der Waals surface area contributed by atoms with E-state index in [9.17, 15) is 22.8 Å². The van der Waals surface area contributed by atoms with Gasteiger partial charge < -0.3 is 5.32 Å². The number of alkyl halides is 3. The van der Waals surface area contributed by atoms with Crippen molar-refractivity contribution >= 4 is 39.0 Å². The van der Waals surface area contributed by atoms with E-state index in [2.05, 4.69) is 21.2 Å². The molecule has 0 saturated heterocycles. The number of para-hydroxylation sites is 2. The number of nitrogens with zero attached hydrogens (tertiary/aromatic N) is 1. The SMILES string of the molecule is O=C1C[C@@H](c2ccccc2)CC2=C1[C@H](c1cccc(Br)c1)N(C(=O)C(F)(F)F)c1ccccc1N2. The third-order valence-electron chi connectivity index (χ3n) is 6.39. The lowest BCUT2D eigenvalue weighted by atomic mass is 9.78. The van der Waals surface area contributed by atoms with E-state index >= 15 is 0 Å². The van der Waals surface area contributed by atoms with E-state index in [1.807, 2.05) is 30.3 Å². The van der Waals surface area contributed by atoms with E-state index in [0.717, 1.165) is 5.56 Å². The first kappa shape index (κ1) is 23.4. The fourth-order valence-corrected chi connectivity index (χ4v) is 5.32. The molecule has 0 saturated carbocycles. The number of amides is 1. The maximum atomic E-state index is 13.9. The maximum Gasteiger partial charge on any atom is 0.471 e. The van der Waals surface area contributed by atoms with E-state index in [1.165, 1.54) is 6.07 Å². The molecule has 2 aliphatic rings. The van der Waals surface area contributed by atoms with Crippen LogP contribution in [0.1, 0.15) is 35.9 Å². The van der Waals surface area contributed by atoms with E-state index in [0.29, 0.717) is 32.7 Å². The summed E-state index contributed by atoms with van der Waals surface area (Å²) in [5.41, 5.74) is 2.52. The highest BCUT2D eigenvalue weighted by atomic mass is 79.9. The summed E-state index contributed by atoms with van der Waals surface area (Å²) in [5, 5.41) is 3.23. The second-order valence-corrected chi connectivity index (χ2v) is 9.52. The van der Waals surface area contributed by atoms with E-state index in [1.54, 1.807) is 42.5 Å². The van der Waals surface area contributed by atoms with Crippen LogP contribution >= 0.6 is 15.9 Å². The van der Waals surface area contributed by atoms with Gasteiger partial charge in [-0.3, -0.25) is 14.5 Å². The first-order valence-electron chi connectivity index (χ1n) is 11.1. The smallest absolute Gasteiger partial charge is 0.357 e. The molecule has 2 atom stereocenters. The van der Waals surface area contributed by atoms with Gasteiger partial charge >= 0.3 is 12.1 Å². The molecule has 3 aromatic carbocycles. The van der Waals surface area contributed by atoms with Crippen LogP contribution in [-0.2, 0) is 9.59 Å². The number of hydrogen-bond donors (Lipinski definition) is 1. The topological polar surface area (TPSA) is 49.4 Å². The van der Waals surface area contributed by atoms with Crippen molar-refractivity contribution in [2.24, 2.45) is 0 Å². The van der Waals surface area contributed by atoms with Crippen LogP contribution in [0.2, 0.25) is 0 Å². The number of fused-ring (bicyclic) bond motifs is 1. The molecule has 4 nitrogen and oxygen atoms in total. The van der Waals surface area contributed by atoms with Crippen molar-refractivity contribution in [2.45, 2.75) is 31.0 Å². The Bertz CT molecular complexity index is 1340. The van der Waals surface area contributed by atoms with Crippen LogP contribution in [0.3, 0.4) is 0 Å². The van der Waals surface area contributed by atoms with Crippen molar-refractivity contribution in [3.8, 4) is 0 Å². The number of nitrogens with one attached hydrogen (secondary N) is 1. The summed E-state index contributed by atoms with van der Waals surface area (Å²) in [6, 6.07) is 21.4. The fourth-order valence-electron chi connectivity index (χ4n) is 4.90. The number of carbonyl (C=O) groups excluding carboxylic acids is 2. The third kappa shape index (κ3) is 4.38. The predicted molar refractivity (Wildman–Crippen MR) is 131 cm³/mol. The van der Waals surface area contributed by atoms with E-state index in [4.69, 9.17) is 0 Å². The van der Waals surface area contributed by atoms with Crippen LogP contribution in [-0.4, -0.2) is 17.9 Å². The minimum absolute atomic E-state index is 0.0678. The van der Waals surface area contributed by atoms with Crippen LogP contribution in [0.4, 0.5) is 24.5 Å². The van der Waals surface area contributed by atoms with Crippen molar-refractivity contribution in [1.82, 2.24) is 0 Å². The lowest BCUT2D eigenvalue weighted by molar-refractivity contribution is -0.170. The minimum Gasteiger partial charge on any atom is -0.357 e. The van der Waals surface area contributed by atoms with Gasteiger partial charge in [0.2, 0.25) is 0 Å². The summed E-state index contributed by atoms with van der Waals surface area (Å²) in [5.74, 6) is -2.44. The van der Waals surface area contributed by atoms with Crippen molar-refractivity contribution in [3.05, 3.63) is 106 Å². The number of rotatable bonds is 2. The lowest BCUT2D eigenvalue weighted by Gasteiger charge is -2.35. The molecule has 0 fully saturated rings. The molecule has 35 heavy (non-hydrogen) atoms. The highest BCUT2D eigenvalue weighted by Crippen LogP contribution is 2.48. The van der Waals surface area contributed by atoms with Gasteiger partial charge in [-0.1, -0.05) is 70.5 Å². The lowest BCUT2D eigenvalue weighted by Crippen LogP contribution is -2.45. The van der Waals surface area contributed by atoms with Gasteiger partial charge in [-0.25, -0.2) is 0 Å². The molecular formula is C27H20BrF3N2O2. The van der Waals surface area contributed by atoms with Crippen molar-refractivity contribution in [2.75, 3.05) is 10.2 Å². The van der Waals surface area contributed by atoms with Crippen LogP contribution in [0.5, 0.6) is 0 Å². The molecule has 0 radical (unpaired) electrons. The number of halogens is 4. The van der Waals surface area contributed by atoms with Crippen molar-refractivity contribution in [1.29, 1.82) is 0 Å². The highest BCUT2D eigenvalue weighted by Gasteiger charge is 2.49. The first-order valence-corrected chi connectivity index (χ1v) is 11.9. The number of Topliss-reactive ketones (excluding diaryl/α,β-unsaturated/α-hetero) is 1. The average Bonchev–Trinajstić information content (AvgIpc) is 2.98. The molecule has 1 aliphatic carbocycles. The number of hydrogen-bond acceptors (Lipinski definition) is 3. The highest BCUT2D eigenvalue weighted by molar-refractivity contribution is 9.10. The summed E-state index contributed by atoms with van der Waals surface area (Å²) in [7, 11) is 0. The molecule has 1 heterocycles. The Balaban J connectivity index is 1.75. The van der Waals surface area contributed by atoms with Gasteiger partial charge in [-0.2, -0.15) is 13.2 Å². The van der Waals surface area contributed by atoms with Gasteiger partial charge in [0.05, 0.1) is 17.4 Å². The Kier molecular flexibility index (Phi) is 6.01. The van der Waals surface area contributed by atoms with Gasteiger partial charge in [-0.15, -0.1) is 0 Å². The summed E-state index contributed by atoms with van der Waals surface area (Å²) < 4.78 is 42.4. The summed E-state index contributed by atoms with van der Waals surface area (Å²) in [6.45, 7) is 0. The zero-order valence-electron chi connectivity index (χ0n) is 18.4. The van der Waals surface area contributed by atoms with Crippen molar-refractivity contribution < 1.29 is 22.8 Å². The van der Waals surface area contributed by atoms with Gasteiger partial charge in [0.15, 0.2) is 5.78 Å². The molecule has 0 unspecified atom stereocenters. The van der Waals surface area contributed by atoms with Crippen LogP contribution < -0.4 is 10.2 Å². The Morgan fingerprint density at radius 1 is 0.914 bits per heavy atom. The summed E-state index contributed by atoms with van der Waals surface area (Å²) >= 11 is 3.38. The second-order valence-electron chi connectivity index (χ2n) is 8.60. The number of anilines is 2. The third-order valence-corrected chi connectivity index (χ3v) is 6.88. The van der Waals surface area contributed by atoms with Crippen molar-refractivity contribution in [3.63, 3.8) is 0 Å². The molecule has 0 bridgehead atoms. The number of benzene rings is 3. The van der Waals surface area contributed by atoms with Gasteiger partial charge in [0, 0.05) is 22.2 Å². The zero-order valence-corrected chi connectivity index (χ0v) is 19.9. The van der Waals surface area contributed by atoms with Crippen LogP contribution in [0.25, 0.3) is 0 Å². The molecule has 8 heteroatoms. The quantitative estimate of drug-likeness (QED) is 0.384. The molecule has 178 valence electrons. The van der Waals surface area contributed by atoms with Gasteiger partial charge in [0.25, 0.3) is 0 Å². The standard InChI is InChI=1S/C27H20BrF3N2O2/c28-19-10-6-9-17(13-19)25-24-21(14-18(15-23(24)34)16-7-2-1-3-8-16)32-20-11-4-5-12-22(20)33(25)26(35)27(29,30)31/h1-13,18,25,32H,14-15H2/t18-,25-/m0/s1. The van der Waals surface area contributed by atoms with E-state index < -0.39 is 18.1 Å². The Hall–Kier alpha value is -3.39. The fraction of sp³-hybridized carbons (Fsp3) is 0.185. The average molecular weight is 541 g/mol. The van der Waals surface area contributed by atoms with Gasteiger partial charge in [-0.05, 0) is 47.7 Å². The Labute approximate surface area is 208 Å². The van der Waals surface area contributed by atoms with Crippen LogP contribution in [0.15, 0.2) is 94.6 Å². The Morgan fingerprint density at radius 3 is 2.31 bits per heavy atom. The summed E-state index contributed by atoms with van der Waals surface area (Å²) in [6.07, 6.45) is -4.57. The number of ketones is 1. The summed E-state index contributed by atoms with van der Waals surface area (Å²) in [4.78, 5) is 27.3. The molecule has 1 N–H and O–H groups in total. The minimum atomic E-state index is -5.13. The zero-order chi connectivity index (χ0) is 24.7. The number of carbonyl (C=O) groups is 2. The molecule has 0 aromatic heterocycles. The van der Waals surface area contributed by atoms with E-state index in [-0.39, 0.29) is 29.4 Å². The largest absolute Gasteiger partial charge is 0.471 e. The predicted octanol–water partition coefficient (Wildman–Crippen LogP) is 6.91. The normalized spacial score (nSPS) is 20.0. The first-order chi connectivity index (χ1) is 16.7. The molecule has 0 spiro atoms. The molecule has 1 amide bonds. The molecule has 3 aromatic rings. The molecular weight excluding hydrogens is 521 g/mol. The Morgan fingerprint density at radius 2 is 1.60 bits per heavy atom. The molecule has 5 rings (SSSR count). The van der Waals surface area contributed by atoms with Crippen LogP contribution in [0, 0.1) is 0 Å². The monoisotopic (exact) mass is 540 g/mol. The van der Waals surface area contributed by atoms with Gasteiger partial charge in [0.1, 0.15) is 0 Å². The second kappa shape index (κ2) is 9.00.